The van der Waals surface area contributed by atoms with Gasteiger partial charge >= 0.3 is 23.1 Å². The zero-order chi connectivity index (χ0) is 37.1. The molecule has 1 saturated carbocycles. The Morgan fingerprint density at radius 2 is 1.71 bits per heavy atom. The van der Waals surface area contributed by atoms with Crippen molar-refractivity contribution in [1.29, 1.82) is 5.26 Å². The topological polar surface area (TPSA) is 146 Å². The number of esters is 1. The Morgan fingerprint density at radius 1 is 1.04 bits per heavy atom. The molecule has 0 bridgehead atoms. The van der Waals surface area contributed by atoms with E-state index >= 15 is 0 Å². The van der Waals surface area contributed by atoms with Crippen molar-refractivity contribution in [2.24, 2.45) is 5.92 Å². The maximum absolute atomic E-state index is 13.9. The average molecular weight is 742 g/mol. The van der Waals surface area contributed by atoms with Gasteiger partial charge in [-0.2, -0.15) is 10.4 Å². The van der Waals surface area contributed by atoms with Crippen molar-refractivity contribution in [3.63, 3.8) is 0 Å². The summed E-state index contributed by atoms with van der Waals surface area (Å²) in [5, 5.41) is 18.7. The second-order valence-electron chi connectivity index (χ2n) is 16.0. The van der Waals surface area contributed by atoms with Crippen LogP contribution in [0.2, 0.25) is 22.2 Å². The summed E-state index contributed by atoms with van der Waals surface area (Å²) in [5.74, 6) is 0.0218. The van der Waals surface area contributed by atoms with Crippen LogP contribution >= 0.6 is 0 Å². The Balaban J connectivity index is 1.64. The fourth-order valence-electron chi connectivity index (χ4n) is 8.37. The first-order valence-corrected chi connectivity index (χ1v) is 23.1. The summed E-state index contributed by atoms with van der Waals surface area (Å²) in [4.78, 5) is 31.0. The number of carbonyl (C=O) groups excluding carboxylic acids is 2. The molecule has 0 unspecified atom stereocenters. The number of ether oxygens (including phenoxy) is 2. The molecule has 12 nitrogen and oxygen atoms in total. The van der Waals surface area contributed by atoms with Crippen molar-refractivity contribution in [2.75, 3.05) is 11.9 Å². The molecule has 4 heterocycles. The normalized spacial score (nSPS) is 26.6. The minimum Gasteiger partial charge on any atom is -0.455 e. The van der Waals surface area contributed by atoms with Gasteiger partial charge in [-0.05, 0) is 59.5 Å². The van der Waals surface area contributed by atoms with E-state index < -0.39 is 41.0 Å². The highest BCUT2D eigenvalue weighted by atomic mass is 28.5. The molecule has 0 spiro atoms. The van der Waals surface area contributed by atoms with Gasteiger partial charge in [0.05, 0.1) is 12.3 Å². The third-order valence-corrected chi connectivity index (χ3v) is 21.4. The number of carbonyl (C=O) groups is 2. The smallest absolute Gasteiger partial charge is 0.335 e. The van der Waals surface area contributed by atoms with Gasteiger partial charge in [0.25, 0.3) is 0 Å². The fourth-order valence-corrected chi connectivity index (χ4v) is 19.6. The van der Waals surface area contributed by atoms with E-state index in [-0.39, 0.29) is 53.0 Å². The molecule has 0 aromatic carbocycles. The number of nitrogens with zero attached hydrogens (tertiary/aromatic N) is 4. The molecule has 5 rings (SSSR count). The van der Waals surface area contributed by atoms with E-state index in [1.807, 2.05) is 6.92 Å². The number of anilines is 1. The largest absolute Gasteiger partial charge is 0.455 e. The highest BCUT2D eigenvalue weighted by Crippen LogP contribution is 2.51. The van der Waals surface area contributed by atoms with Crippen molar-refractivity contribution in [2.45, 2.75) is 166 Å². The number of fused-ring (bicyclic) bond motifs is 2. The third kappa shape index (κ3) is 7.57. The van der Waals surface area contributed by atoms with Crippen molar-refractivity contribution in [3.05, 3.63) is 24.2 Å². The van der Waals surface area contributed by atoms with Crippen LogP contribution in [0.5, 0.6) is 0 Å². The molecule has 282 valence electrons. The van der Waals surface area contributed by atoms with Crippen molar-refractivity contribution in [3.8, 4) is 6.07 Å². The predicted molar refractivity (Wildman–Crippen MR) is 198 cm³/mol. The molecule has 1 amide bonds. The summed E-state index contributed by atoms with van der Waals surface area (Å²) in [7, 11) is -6.10. The summed E-state index contributed by atoms with van der Waals surface area (Å²) >= 11 is 0. The van der Waals surface area contributed by atoms with E-state index in [0.29, 0.717) is 23.4 Å². The Kier molecular flexibility index (Phi) is 12.5. The van der Waals surface area contributed by atoms with Crippen LogP contribution in [0.4, 0.5) is 5.82 Å². The zero-order valence-corrected chi connectivity index (χ0v) is 34.1. The molecule has 2 aliphatic heterocycles. The van der Waals surface area contributed by atoms with Gasteiger partial charge in [-0.15, -0.1) is 0 Å². The maximum Gasteiger partial charge on any atom is 0.335 e. The van der Waals surface area contributed by atoms with Crippen molar-refractivity contribution < 1.29 is 32.0 Å². The number of hydrogen-bond donors (Lipinski definition) is 1. The molecule has 3 aliphatic rings. The summed E-state index contributed by atoms with van der Waals surface area (Å²) in [6, 6.07) is 5.95. The molecule has 0 radical (unpaired) electrons. The quantitative estimate of drug-likeness (QED) is 0.169. The molecular formula is C37H59N5O7Si2. The van der Waals surface area contributed by atoms with E-state index in [1.165, 1.54) is 12.7 Å². The van der Waals surface area contributed by atoms with Crippen molar-refractivity contribution in [1.82, 2.24) is 14.6 Å². The van der Waals surface area contributed by atoms with Crippen molar-refractivity contribution >= 4 is 40.3 Å². The Hall–Kier alpha value is -2.68. The second-order valence-corrected chi connectivity index (χ2v) is 24.8. The van der Waals surface area contributed by atoms with E-state index in [0.717, 1.165) is 38.5 Å². The number of amides is 1. The molecule has 2 saturated heterocycles. The third-order valence-electron chi connectivity index (χ3n) is 11.2. The summed E-state index contributed by atoms with van der Waals surface area (Å²) in [6.45, 7) is 19.3. The first-order chi connectivity index (χ1) is 24.2. The fraction of sp³-hybridized carbons (Fsp3) is 0.757. The lowest BCUT2D eigenvalue weighted by Crippen LogP contribution is -2.66. The molecule has 1 N–H and O–H groups in total. The molecule has 14 heteroatoms. The molecule has 1 aliphatic carbocycles. The Bertz CT molecular complexity index is 1550. The van der Waals surface area contributed by atoms with E-state index in [4.69, 9.17) is 22.4 Å². The molecule has 4 atom stereocenters. The Morgan fingerprint density at radius 3 is 2.31 bits per heavy atom. The van der Waals surface area contributed by atoms with Crippen LogP contribution in [-0.2, 0) is 37.6 Å². The first-order valence-electron chi connectivity index (χ1n) is 19.2. The van der Waals surface area contributed by atoms with Crippen LogP contribution in [0.25, 0.3) is 5.52 Å². The Labute approximate surface area is 305 Å². The van der Waals surface area contributed by atoms with E-state index in [2.05, 4.69) is 76.9 Å². The number of unbranched alkanes of at least 4 members (excludes halogenated alkanes) is 1. The molecule has 51 heavy (non-hydrogen) atoms. The highest BCUT2D eigenvalue weighted by Gasteiger charge is 2.67. The number of nitrogens with one attached hydrogen (secondary N) is 1. The molecule has 2 aromatic heterocycles. The van der Waals surface area contributed by atoms with Crippen LogP contribution in [0, 0.1) is 17.2 Å². The van der Waals surface area contributed by atoms with E-state index in [1.54, 1.807) is 16.6 Å². The van der Waals surface area contributed by atoms with E-state index in [9.17, 15) is 14.9 Å². The van der Waals surface area contributed by atoms with Gasteiger partial charge in [-0.25, -0.2) is 9.50 Å². The maximum atomic E-state index is 13.9. The lowest BCUT2D eigenvalue weighted by Gasteiger charge is -2.51. The van der Waals surface area contributed by atoms with Gasteiger partial charge in [0.1, 0.15) is 30.1 Å². The van der Waals surface area contributed by atoms with Crippen LogP contribution in [-0.4, -0.2) is 68.5 Å². The summed E-state index contributed by atoms with van der Waals surface area (Å²) in [5.41, 5.74) is -0.705. The lowest BCUT2D eigenvalue weighted by atomic mass is 9.87. The standard InChI is InChI=1S/C37H59N5O7Si2/c1-10-11-17-32(43)41-36-29-18-19-31(42(29)40-23-39-36)37(22-38)35(46-33(44)20-28-15-13-12-14-16-28)34-30(47-37)21-45-50(24(2)3,25(4)5)49-51(48-34,26(6)7)27(8)9/h18-19,23-28,30,34-35H,10-17,20-21H2,1-9H3,(H,39,40,41,43)/t30-,34-,35-,37+/m1/s1. The van der Waals surface area contributed by atoms with Gasteiger partial charge < -0.3 is 27.8 Å². The lowest BCUT2D eigenvalue weighted by molar-refractivity contribution is -0.161. The van der Waals surface area contributed by atoms with Gasteiger partial charge in [0, 0.05) is 12.8 Å². The molecular weight excluding hydrogens is 683 g/mol. The minimum atomic E-state index is -3.18. The number of aromatic nitrogens is 3. The zero-order valence-electron chi connectivity index (χ0n) is 32.1. The van der Waals surface area contributed by atoms with Crippen LogP contribution in [0.1, 0.15) is 126 Å². The van der Waals surface area contributed by atoms with Gasteiger partial charge in [0.2, 0.25) is 11.5 Å². The van der Waals surface area contributed by atoms with Crippen LogP contribution in [0.15, 0.2) is 18.5 Å². The molecule has 3 fully saturated rings. The van der Waals surface area contributed by atoms with Gasteiger partial charge in [0.15, 0.2) is 11.9 Å². The number of nitriles is 1. The molecule has 2 aromatic rings. The van der Waals surface area contributed by atoms with Crippen LogP contribution in [0.3, 0.4) is 0 Å². The SMILES string of the molecule is CCCCC(=O)Nc1ncnn2c([C@]3(C#N)O[C@@H]4CO[Si](C(C)C)(C(C)C)O[Si](C(C)C)(C(C)C)O[C@H]4[C@H]3OC(=O)CC3CCCCC3)ccc12. The first kappa shape index (κ1) is 39.5. The summed E-state index contributed by atoms with van der Waals surface area (Å²) < 4.78 is 36.7. The minimum absolute atomic E-state index is 0.0145. The van der Waals surface area contributed by atoms with Crippen LogP contribution < -0.4 is 5.32 Å². The predicted octanol–water partition coefficient (Wildman–Crippen LogP) is 7.81. The van der Waals surface area contributed by atoms with Gasteiger partial charge in [-0.3, -0.25) is 9.59 Å². The summed E-state index contributed by atoms with van der Waals surface area (Å²) in [6.07, 6.45) is 6.19. The number of rotatable bonds is 12. The average Bonchev–Trinajstić information content (AvgIpc) is 3.64. The van der Waals surface area contributed by atoms with Gasteiger partial charge in [-0.1, -0.05) is 88.0 Å². The monoisotopic (exact) mass is 741 g/mol. The highest BCUT2D eigenvalue weighted by molar-refractivity contribution is 6.84. The second kappa shape index (κ2) is 16.1. The number of hydrogen-bond acceptors (Lipinski definition) is 10.